The molecule has 1 aliphatic rings. The highest BCUT2D eigenvalue weighted by molar-refractivity contribution is 9.10. The number of nitrogens with one attached hydrogen (secondary N) is 1. The third-order valence-electron chi connectivity index (χ3n) is 3.21. The lowest BCUT2D eigenvalue weighted by Crippen LogP contribution is -2.59. The number of piperazine rings is 1. The average Bonchev–Trinajstić information content (AvgIpc) is 2.27. The number of carbonyl (C=O) groups is 1. The number of halogens is 2. The number of rotatable bonds is 1. The summed E-state index contributed by atoms with van der Waals surface area (Å²) in [5.74, 6) is -0.000926. The van der Waals surface area contributed by atoms with Crippen molar-refractivity contribution in [3.8, 4) is 0 Å². The van der Waals surface area contributed by atoms with Crippen LogP contribution in [-0.2, 0) is 0 Å². The molecule has 0 spiro atoms. The van der Waals surface area contributed by atoms with Gasteiger partial charge in [0.1, 0.15) is 0 Å². The summed E-state index contributed by atoms with van der Waals surface area (Å²) in [6.45, 7) is 6.45. The second kappa shape index (κ2) is 5.19. The topological polar surface area (TPSA) is 32.3 Å². The maximum atomic E-state index is 12.5. The normalized spacial score (nSPS) is 18.8. The molecule has 1 aromatic carbocycles. The Kier molecular flexibility index (Phi) is 3.99. The molecule has 0 unspecified atom stereocenters. The van der Waals surface area contributed by atoms with Gasteiger partial charge in [-0.1, -0.05) is 27.5 Å². The van der Waals surface area contributed by atoms with Crippen molar-refractivity contribution in [3.05, 3.63) is 33.3 Å². The van der Waals surface area contributed by atoms with Crippen molar-refractivity contribution in [3.63, 3.8) is 0 Å². The fourth-order valence-corrected chi connectivity index (χ4v) is 2.92. The van der Waals surface area contributed by atoms with E-state index in [0.717, 1.165) is 17.6 Å². The molecule has 1 N–H and O–H groups in total. The Labute approximate surface area is 121 Å². The van der Waals surface area contributed by atoms with Gasteiger partial charge in [-0.2, -0.15) is 0 Å². The second-order valence-corrected chi connectivity index (χ2v) is 6.39. The van der Waals surface area contributed by atoms with Crippen molar-refractivity contribution in [1.29, 1.82) is 0 Å². The van der Waals surface area contributed by atoms with Crippen LogP contribution in [0.3, 0.4) is 0 Å². The van der Waals surface area contributed by atoms with E-state index in [1.165, 1.54) is 0 Å². The summed E-state index contributed by atoms with van der Waals surface area (Å²) < 4.78 is 0.878. The van der Waals surface area contributed by atoms with Crippen molar-refractivity contribution in [1.82, 2.24) is 10.2 Å². The summed E-state index contributed by atoms with van der Waals surface area (Å²) in [5, 5.41) is 3.79. The van der Waals surface area contributed by atoms with E-state index in [4.69, 9.17) is 11.6 Å². The van der Waals surface area contributed by atoms with Crippen molar-refractivity contribution in [2.45, 2.75) is 19.4 Å². The third-order valence-corrected chi connectivity index (χ3v) is 4.01. The van der Waals surface area contributed by atoms with Crippen LogP contribution in [0.15, 0.2) is 22.7 Å². The molecule has 98 valence electrons. The molecule has 0 saturated carbocycles. The van der Waals surface area contributed by atoms with Crippen LogP contribution in [0.2, 0.25) is 5.02 Å². The molecule has 1 fully saturated rings. The van der Waals surface area contributed by atoms with E-state index in [-0.39, 0.29) is 11.4 Å². The van der Waals surface area contributed by atoms with Crippen LogP contribution in [-0.4, -0.2) is 36.0 Å². The molecule has 2 rings (SSSR count). The molecule has 0 aliphatic carbocycles. The van der Waals surface area contributed by atoms with Crippen LogP contribution < -0.4 is 5.32 Å². The maximum Gasteiger partial charge on any atom is 0.255 e. The molecule has 0 atom stereocenters. The number of benzene rings is 1. The largest absolute Gasteiger partial charge is 0.331 e. The molecular formula is C13H16BrClN2O. The number of nitrogens with zero attached hydrogens (tertiary/aromatic N) is 1. The van der Waals surface area contributed by atoms with Gasteiger partial charge in [-0.15, -0.1) is 0 Å². The highest BCUT2D eigenvalue weighted by atomic mass is 79.9. The van der Waals surface area contributed by atoms with Gasteiger partial charge in [0.15, 0.2) is 0 Å². The predicted molar refractivity (Wildman–Crippen MR) is 77.1 cm³/mol. The van der Waals surface area contributed by atoms with Gasteiger partial charge in [0.25, 0.3) is 5.91 Å². The summed E-state index contributed by atoms with van der Waals surface area (Å²) in [7, 11) is 0. The van der Waals surface area contributed by atoms with Gasteiger partial charge in [-0.05, 0) is 32.0 Å². The molecule has 0 aromatic heterocycles. The summed E-state index contributed by atoms with van der Waals surface area (Å²) in [4.78, 5) is 14.4. The average molecular weight is 332 g/mol. The number of hydrogen-bond acceptors (Lipinski definition) is 2. The van der Waals surface area contributed by atoms with E-state index in [1.807, 2.05) is 11.0 Å². The molecule has 1 aliphatic heterocycles. The third kappa shape index (κ3) is 2.71. The van der Waals surface area contributed by atoms with Gasteiger partial charge in [-0.25, -0.2) is 0 Å². The molecule has 1 saturated heterocycles. The van der Waals surface area contributed by atoms with Crippen LogP contribution in [0, 0.1) is 0 Å². The Balaban J connectivity index is 2.30. The quantitative estimate of drug-likeness (QED) is 0.858. The fraction of sp³-hybridized carbons (Fsp3) is 0.462. The Hall–Kier alpha value is -0.580. The number of hydrogen-bond donors (Lipinski definition) is 1. The van der Waals surface area contributed by atoms with Crippen molar-refractivity contribution in [2.75, 3.05) is 19.6 Å². The fourth-order valence-electron chi connectivity index (χ4n) is 2.17. The van der Waals surface area contributed by atoms with Crippen molar-refractivity contribution in [2.24, 2.45) is 0 Å². The predicted octanol–water partition coefficient (Wildman–Crippen LogP) is 2.93. The molecule has 0 radical (unpaired) electrons. The molecule has 18 heavy (non-hydrogen) atoms. The van der Waals surface area contributed by atoms with Crippen molar-refractivity contribution >= 4 is 33.4 Å². The summed E-state index contributed by atoms with van der Waals surface area (Å²) in [6, 6.07) is 5.37. The van der Waals surface area contributed by atoms with Crippen LogP contribution in [0.5, 0.6) is 0 Å². The van der Waals surface area contributed by atoms with Gasteiger partial charge in [0.05, 0.1) is 16.1 Å². The first-order valence-electron chi connectivity index (χ1n) is 5.89. The minimum absolute atomic E-state index is 0.000926. The van der Waals surface area contributed by atoms with Gasteiger partial charge >= 0.3 is 0 Å². The first kappa shape index (κ1) is 13.8. The SMILES string of the molecule is CC1(C)CNCCN1C(=O)c1ccc(Br)cc1Cl. The van der Waals surface area contributed by atoms with Gasteiger partial charge in [0, 0.05) is 24.1 Å². The maximum absolute atomic E-state index is 12.5. The Bertz CT molecular complexity index is 476. The minimum Gasteiger partial charge on any atom is -0.331 e. The number of amides is 1. The lowest BCUT2D eigenvalue weighted by atomic mass is 9.99. The second-order valence-electron chi connectivity index (χ2n) is 5.07. The lowest BCUT2D eigenvalue weighted by Gasteiger charge is -2.43. The molecule has 5 heteroatoms. The smallest absolute Gasteiger partial charge is 0.255 e. The van der Waals surface area contributed by atoms with Crippen LogP contribution in [0.1, 0.15) is 24.2 Å². The van der Waals surface area contributed by atoms with E-state index in [1.54, 1.807) is 12.1 Å². The highest BCUT2D eigenvalue weighted by Gasteiger charge is 2.34. The monoisotopic (exact) mass is 330 g/mol. The number of carbonyl (C=O) groups excluding carboxylic acids is 1. The van der Waals surface area contributed by atoms with Gasteiger partial charge in [-0.3, -0.25) is 4.79 Å². The molecular weight excluding hydrogens is 316 g/mol. The molecule has 1 heterocycles. The summed E-state index contributed by atoms with van der Waals surface area (Å²) in [6.07, 6.45) is 0. The first-order chi connectivity index (χ1) is 8.42. The summed E-state index contributed by atoms with van der Waals surface area (Å²) >= 11 is 9.49. The Morgan fingerprint density at radius 1 is 1.50 bits per heavy atom. The zero-order chi connectivity index (χ0) is 13.3. The van der Waals surface area contributed by atoms with E-state index >= 15 is 0 Å². The molecule has 3 nitrogen and oxygen atoms in total. The van der Waals surface area contributed by atoms with Crippen LogP contribution in [0.4, 0.5) is 0 Å². The van der Waals surface area contributed by atoms with Crippen LogP contribution >= 0.6 is 27.5 Å². The van der Waals surface area contributed by atoms with Crippen molar-refractivity contribution < 1.29 is 4.79 Å². The zero-order valence-electron chi connectivity index (χ0n) is 10.5. The van der Waals surface area contributed by atoms with Crippen LogP contribution in [0.25, 0.3) is 0 Å². The Morgan fingerprint density at radius 2 is 2.22 bits per heavy atom. The molecule has 1 aromatic rings. The highest BCUT2D eigenvalue weighted by Crippen LogP contribution is 2.26. The molecule has 1 amide bonds. The van der Waals surface area contributed by atoms with E-state index in [0.29, 0.717) is 17.1 Å². The van der Waals surface area contributed by atoms with Gasteiger partial charge in [0.2, 0.25) is 0 Å². The lowest BCUT2D eigenvalue weighted by molar-refractivity contribution is 0.0477. The van der Waals surface area contributed by atoms with Gasteiger partial charge < -0.3 is 10.2 Å². The van der Waals surface area contributed by atoms with E-state index in [2.05, 4.69) is 35.1 Å². The Morgan fingerprint density at radius 3 is 2.83 bits per heavy atom. The standard InChI is InChI=1S/C13H16BrClN2O/c1-13(2)8-16-5-6-17(13)12(18)10-4-3-9(14)7-11(10)15/h3-4,7,16H,5-6,8H2,1-2H3. The summed E-state index contributed by atoms with van der Waals surface area (Å²) in [5.41, 5.74) is 0.376. The molecule has 0 bridgehead atoms. The first-order valence-corrected chi connectivity index (χ1v) is 7.07. The minimum atomic E-state index is -0.189. The van der Waals surface area contributed by atoms with E-state index in [9.17, 15) is 4.79 Å². The zero-order valence-corrected chi connectivity index (χ0v) is 12.8. The van der Waals surface area contributed by atoms with E-state index < -0.39 is 0 Å².